The number of hydrogen-bond acceptors (Lipinski definition) is 2. The van der Waals surface area contributed by atoms with E-state index in [0.29, 0.717) is 13.0 Å². The van der Waals surface area contributed by atoms with Crippen molar-refractivity contribution in [2.45, 2.75) is 55.7 Å². The monoisotopic (exact) mass is 263 g/mol. The highest BCUT2D eigenvalue weighted by molar-refractivity contribution is 8.00. The number of amides is 1. The fourth-order valence-electron chi connectivity index (χ4n) is 2.21. The highest BCUT2D eigenvalue weighted by atomic mass is 32.2. The van der Waals surface area contributed by atoms with Crippen LogP contribution in [0.2, 0.25) is 0 Å². The third-order valence-corrected chi connectivity index (χ3v) is 4.69. The molecule has 1 aromatic carbocycles. The van der Waals surface area contributed by atoms with E-state index in [0.717, 1.165) is 5.25 Å². The van der Waals surface area contributed by atoms with Crippen molar-refractivity contribution in [1.29, 1.82) is 0 Å². The van der Waals surface area contributed by atoms with Crippen LogP contribution in [0.4, 0.5) is 0 Å². The molecule has 1 aliphatic rings. The SMILES string of the molecule is CCC(=O)NCc1ccc(SC2CCCC2)cc1. The molecule has 1 aromatic rings. The summed E-state index contributed by atoms with van der Waals surface area (Å²) < 4.78 is 0. The van der Waals surface area contributed by atoms with E-state index in [2.05, 4.69) is 29.6 Å². The van der Waals surface area contributed by atoms with Gasteiger partial charge in [-0.1, -0.05) is 31.9 Å². The van der Waals surface area contributed by atoms with Crippen LogP contribution in [0.15, 0.2) is 29.2 Å². The molecule has 0 spiro atoms. The maximum absolute atomic E-state index is 11.2. The van der Waals surface area contributed by atoms with Gasteiger partial charge in [0.15, 0.2) is 0 Å². The Balaban J connectivity index is 1.82. The summed E-state index contributed by atoms with van der Waals surface area (Å²) >= 11 is 2.00. The van der Waals surface area contributed by atoms with Crippen LogP contribution in [0.25, 0.3) is 0 Å². The summed E-state index contributed by atoms with van der Waals surface area (Å²) in [5.41, 5.74) is 1.17. The molecule has 1 fully saturated rings. The zero-order valence-corrected chi connectivity index (χ0v) is 11.8. The molecule has 2 nitrogen and oxygen atoms in total. The van der Waals surface area contributed by atoms with Crippen molar-refractivity contribution in [1.82, 2.24) is 5.32 Å². The molecular formula is C15H21NOS. The fraction of sp³-hybridized carbons (Fsp3) is 0.533. The van der Waals surface area contributed by atoms with Crippen molar-refractivity contribution >= 4 is 17.7 Å². The highest BCUT2D eigenvalue weighted by Gasteiger charge is 2.15. The third-order valence-electron chi connectivity index (χ3n) is 3.34. The summed E-state index contributed by atoms with van der Waals surface area (Å²) in [5, 5.41) is 3.71. The molecular weight excluding hydrogens is 242 g/mol. The second kappa shape index (κ2) is 6.83. The van der Waals surface area contributed by atoms with Crippen molar-refractivity contribution in [2.75, 3.05) is 0 Å². The maximum atomic E-state index is 11.2. The molecule has 3 heteroatoms. The number of thioether (sulfide) groups is 1. The molecule has 0 radical (unpaired) electrons. The number of benzene rings is 1. The van der Waals surface area contributed by atoms with Crippen molar-refractivity contribution < 1.29 is 4.79 Å². The molecule has 1 aliphatic carbocycles. The zero-order valence-electron chi connectivity index (χ0n) is 10.9. The van der Waals surface area contributed by atoms with Crippen molar-refractivity contribution in [3.63, 3.8) is 0 Å². The van der Waals surface area contributed by atoms with Gasteiger partial charge in [0.2, 0.25) is 5.91 Å². The summed E-state index contributed by atoms with van der Waals surface area (Å²) in [6, 6.07) is 8.59. The van der Waals surface area contributed by atoms with Crippen LogP contribution in [-0.2, 0) is 11.3 Å². The standard InChI is InChI=1S/C15H21NOS/c1-2-15(17)16-11-12-7-9-14(10-8-12)18-13-5-3-4-6-13/h7-10,13H,2-6,11H2,1H3,(H,16,17). The molecule has 0 unspecified atom stereocenters. The van der Waals surface area contributed by atoms with Crippen LogP contribution < -0.4 is 5.32 Å². The van der Waals surface area contributed by atoms with Gasteiger partial charge in [-0.25, -0.2) is 0 Å². The van der Waals surface area contributed by atoms with Crippen LogP contribution in [0, 0.1) is 0 Å². The highest BCUT2D eigenvalue weighted by Crippen LogP contribution is 2.34. The predicted octanol–water partition coefficient (Wildman–Crippen LogP) is 3.75. The van der Waals surface area contributed by atoms with E-state index in [-0.39, 0.29) is 5.91 Å². The first-order valence-electron chi connectivity index (χ1n) is 6.80. The first kappa shape index (κ1) is 13.5. The van der Waals surface area contributed by atoms with E-state index in [9.17, 15) is 4.79 Å². The molecule has 0 aliphatic heterocycles. The van der Waals surface area contributed by atoms with Gasteiger partial charge in [0.05, 0.1) is 0 Å². The Labute approximate surface area is 114 Å². The van der Waals surface area contributed by atoms with Crippen molar-refractivity contribution in [3.05, 3.63) is 29.8 Å². The lowest BCUT2D eigenvalue weighted by Gasteiger charge is -2.09. The minimum atomic E-state index is 0.111. The van der Waals surface area contributed by atoms with Crippen LogP contribution >= 0.6 is 11.8 Å². The van der Waals surface area contributed by atoms with Crippen molar-refractivity contribution in [2.24, 2.45) is 0 Å². The molecule has 0 aromatic heterocycles. The second-order valence-electron chi connectivity index (χ2n) is 4.80. The Bertz CT molecular complexity index is 382. The fourth-order valence-corrected chi connectivity index (χ4v) is 3.46. The first-order chi connectivity index (χ1) is 8.78. The van der Waals surface area contributed by atoms with Gasteiger partial charge < -0.3 is 5.32 Å². The molecule has 1 N–H and O–H groups in total. The van der Waals surface area contributed by atoms with E-state index in [4.69, 9.17) is 0 Å². The minimum absolute atomic E-state index is 0.111. The lowest BCUT2D eigenvalue weighted by Crippen LogP contribution is -2.21. The molecule has 2 rings (SSSR count). The number of nitrogens with one attached hydrogen (secondary N) is 1. The zero-order chi connectivity index (χ0) is 12.8. The molecule has 18 heavy (non-hydrogen) atoms. The largest absolute Gasteiger partial charge is 0.352 e. The van der Waals surface area contributed by atoms with Gasteiger partial charge in [-0.05, 0) is 30.5 Å². The number of rotatable bonds is 5. The maximum Gasteiger partial charge on any atom is 0.219 e. The van der Waals surface area contributed by atoms with Crippen LogP contribution in [0.5, 0.6) is 0 Å². The topological polar surface area (TPSA) is 29.1 Å². The van der Waals surface area contributed by atoms with E-state index < -0.39 is 0 Å². The Morgan fingerprint density at radius 2 is 1.94 bits per heavy atom. The lowest BCUT2D eigenvalue weighted by atomic mass is 10.2. The van der Waals surface area contributed by atoms with E-state index >= 15 is 0 Å². The summed E-state index contributed by atoms with van der Waals surface area (Å²) in [7, 11) is 0. The van der Waals surface area contributed by atoms with Gasteiger partial charge in [0.25, 0.3) is 0 Å². The average Bonchev–Trinajstić information content (AvgIpc) is 2.90. The number of carbonyl (C=O) groups is 1. The van der Waals surface area contributed by atoms with Gasteiger partial charge in [-0.2, -0.15) is 0 Å². The Morgan fingerprint density at radius 3 is 2.56 bits per heavy atom. The molecule has 0 saturated heterocycles. The van der Waals surface area contributed by atoms with E-state index in [1.54, 1.807) is 0 Å². The van der Waals surface area contributed by atoms with Crippen LogP contribution in [-0.4, -0.2) is 11.2 Å². The van der Waals surface area contributed by atoms with E-state index in [1.165, 1.54) is 36.1 Å². The molecule has 1 saturated carbocycles. The summed E-state index contributed by atoms with van der Waals surface area (Å²) in [4.78, 5) is 12.5. The van der Waals surface area contributed by atoms with Gasteiger partial charge in [-0.15, -0.1) is 11.8 Å². The Kier molecular flexibility index (Phi) is 5.12. The lowest BCUT2D eigenvalue weighted by molar-refractivity contribution is -0.120. The van der Waals surface area contributed by atoms with Gasteiger partial charge >= 0.3 is 0 Å². The average molecular weight is 263 g/mol. The summed E-state index contributed by atoms with van der Waals surface area (Å²) in [5.74, 6) is 0.111. The van der Waals surface area contributed by atoms with Gasteiger partial charge in [0.1, 0.15) is 0 Å². The van der Waals surface area contributed by atoms with Crippen molar-refractivity contribution in [3.8, 4) is 0 Å². The third kappa shape index (κ3) is 4.05. The molecule has 1 amide bonds. The van der Waals surface area contributed by atoms with Gasteiger partial charge in [-0.3, -0.25) is 4.79 Å². The molecule has 0 heterocycles. The summed E-state index contributed by atoms with van der Waals surface area (Å²) in [6.45, 7) is 2.51. The number of carbonyl (C=O) groups excluding carboxylic acids is 1. The first-order valence-corrected chi connectivity index (χ1v) is 7.68. The second-order valence-corrected chi connectivity index (χ2v) is 6.17. The van der Waals surface area contributed by atoms with Crippen LogP contribution in [0.1, 0.15) is 44.6 Å². The molecule has 0 atom stereocenters. The molecule has 0 bridgehead atoms. The Morgan fingerprint density at radius 1 is 1.28 bits per heavy atom. The van der Waals surface area contributed by atoms with Crippen LogP contribution in [0.3, 0.4) is 0 Å². The quantitative estimate of drug-likeness (QED) is 0.876. The predicted molar refractivity (Wildman–Crippen MR) is 76.7 cm³/mol. The normalized spacial score (nSPS) is 15.8. The number of hydrogen-bond donors (Lipinski definition) is 1. The Hall–Kier alpha value is -0.960. The minimum Gasteiger partial charge on any atom is -0.352 e. The van der Waals surface area contributed by atoms with E-state index in [1.807, 2.05) is 18.7 Å². The summed E-state index contributed by atoms with van der Waals surface area (Å²) in [6.07, 6.45) is 6.05. The smallest absolute Gasteiger partial charge is 0.219 e. The molecule has 98 valence electrons. The van der Waals surface area contributed by atoms with Gasteiger partial charge in [0, 0.05) is 23.1 Å².